The smallest absolute Gasteiger partial charge is 0.0372 e. The molecule has 0 spiro atoms. The van der Waals surface area contributed by atoms with Crippen molar-refractivity contribution in [2.45, 2.75) is 32.7 Å². The van der Waals surface area contributed by atoms with Crippen LogP contribution in [0.15, 0.2) is 36.7 Å². The van der Waals surface area contributed by atoms with Crippen LogP contribution in [-0.2, 0) is 0 Å². The van der Waals surface area contributed by atoms with E-state index in [1.807, 2.05) is 12.3 Å². The van der Waals surface area contributed by atoms with Gasteiger partial charge in [0.05, 0.1) is 0 Å². The molecule has 1 aromatic rings. The fourth-order valence-corrected chi connectivity index (χ4v) is 1.57. The minimum atomic E-state index is 0.358. The molecule has 2 heteroatoms. The van der Waals surface area contributed by atoms with Gasteiger partial charge in [0.2, 0.25) is 0 Å². The standard InChI is InChI=1S/C13H20N2/c1-4-11(3)9-13(15-5-2)12-7-6-8-14-10-12/h6-8,10,13,15H,3-5,9H2,1-2H3. The average molecular weight is 204 g/mol. The van der Waals surface area contributed by atoms with Crippen LogP contribution in [0.5, 0.6) is 0 Å². The summed E-state index contributed by atoms with van der Waals surface area (Å²) in [6, 6.07) is 4.45. The molecule has 0 aromatic carbocycles. The highest BCUT2D eigenvalue weighted by molar-refractivity contribution is 5.16. The van der Waals surface area contributed by atoms with E-state index in [0.717, 1.165) is 19.4 Å². The lowest BCUT2D eigenvalue weighted by Gasteiger charge is -2.18. The Morgan fingerprint density at radius 2 is 2.33 bits per heavy atom. The second kappa shape index (κ2) is 6.36. The van der Waals surface area contributed by atoms with Crippen molar-refractivity contribution in [1.82, 2.24) is 10.3 Å². The predicted molar refractivity (Wildman–Crippen MR) is 64.7 cm³/mol. The molecule has 0 saturated heterocycles. The number of aromatic nitrogens is 1. The summed E-state index contributed by atoms with van der Waals surface area (Å²) in [4.78, 5) is 4.15. The average Bonchev–Trinajstić information content (AvgIpc) is 2.29. The van der Waals surface area contributed by atoms with Gasteiger partial charge in [0.15, 0.2) is 0 Å². The Kier molecular flexibility index (Phi) is 5.05. The van der Waals surface area contributed by atoms with Gasteiger partial charge in [-0.1, -0.05) is 32.1 Å². The minimum Gasteiger partial charge on any atom is -0.310 e. The molecule has 1 rings (SSSR count). The Morgan fingerprint density at radius 3 is 2.87 bits per heavy atom. The first-order valence-electron chi connectivity index (χ1n) is 5.57. The lowest BCUT2D eigenvalue weighted by molar-refractivity contribution is 0.541. The summed E-state index contributed by atoms with van der Waals surface area (Å²) < 4.78 is 0. The van der Waals surface area contributed by atoms with Crippen LogP contribution in [0, 0.1) is 0 Å². The van der Waals surface area contributed by atoms with Gasteiger partial charge in [0, 0.05) is 18.4 Å². The van der Waals surface area contributed by atoms with Gasteiger partial charge in [-0.15, -0.1) is 0 Å². The quantitative estimate of drug-likeness (QED) is 0.720. The Balaban J connectivity index is 2.70. The van der Waals surface area contributed by atoms with Gasteiger partial charge >= 0.3 is 0 Å². The third kappa shape index (κ3) is 3.84. The molecule has 0 aliphatic carbocycles. The van der Waals surface area contributed by atoms with Crippen molar-refractivity contribution in [2.24, 2.45) is 0 Å². The van der Waals surface area contributed by atoms with Crippen LogP contribution in [0.1, 0.15) is 38.3 Å². The first-order chi connectivity index (χ1) is 7.27. The molecule has 0 amide bonds. The number of pyridine rings is 1. The Morgan fingerprint density at radius 1 is 1.53 bits per heavy atom. The van der Waals surface area contributed by atoms with E-state index in [9.17, 15) is 0 Å². The topological polar surface area (TPSA) is 24.9 Å². The first-order valence-corrected chi connectivity index (χ1v) is 5.57. The van der Waals surface area contributed by atoms with Crippen molar-refractivity contribution >= 4 is 0 Å². The van der Waals surface area contributed by atoms with Gasteiger partial charge in [-0.05, 0) is 31.0 Å². The Hall–Kier alpha value is -1.15. The molecule has 0 radical (unpaired) electrons. The van der Waals surface area contributed by atoms with E-state index in [2.05, 4.69) is 36.8 Å². The normalized spacial score (nSPS) is 12.4. The second-order valence-corrected chi connectivity index (χ2v) is 3.70. The zero-order chi connectivity index (χ0) is 11.1. The molecule has 0 saturated carbocycles. The molecule has 0 bridgehead atoms. The second-order valence-electron chi connectivity index (χ2n) is 3.70. The third-order valence-corrected chi connectivity index (χ3v) is 2.53. The molecule has 1 unspecified atom stereocenters. The minimum absolute atomic E-state index is 0.358. The molecular formula is C13H20N2. The molecule has 1 heterocycles. The monoisotopic (exact) mass is 204 g/mol. The first kappa shape index (κ1) is 11.9. The fraction of sp³-hybridized carbons (Fsp3) is 0.462. The van der Waals surface area contributed by atoms with Gasteiger partial charge in [-0.25, -0.2) is 0 Å². The molecule has 15 heavy (non-hydrogen) atoms. The van der Waals surface area contributed by atoms with Crippen molar-refractivity contribution in [3.63, 3.8) is 0 Å². The lowest BCUT2D eigenvalue weighted by atomic mass is 10.00. The van der Waals surface area contributed by atoms with E-state index in [1.165, 1.54) is 11.1 Å². The Labute approximate surface area is 92.4 Å². The number of nitrogens with one attached hydrogen (secondary N) is 1. The van der Waals surface area contributed by atoms with Gasteiger partial charge in [0.25, 0.3) is 0 Å². The van der Waals surface area contributed by atoms with Crippen LogP contribution in [0.25, 0.3) is 0 Å². The highest BCUT2D eigenvalue weighted by Gasteiger charge is 2.10. The summed E-state index contributed by atoms with van der Waals surface area (Å²) in [7, 11) is 0. The zero-order valence-corrected chi connectivity index (χ0v) is 9.66. The highest BCUT2D eigenvalue weighted by Crippen LogP contribution is 2.20. The van der Waals surface area contributed by atoms with Gasteiger partial charge in [0.1, 0.15) is 0 Å². The van der Waals surface area contributed by atoms with Crippen molar-refractivity contribution in [3.8, 4) is 0 Å². The maximum absolute atomic E-state index is 4.15. The predicted octanol–water partition coefficient (Wildman–Crippen LogP) is 3.09. The van der Waals surface area contributed by atoms with Crippen LogP contribution in [0.4, 0.5) is 0 Å². The summed E-state index contributed by atoms with van der Waals surface area (Å²) in [5, 5.41) is 3.46. The van der Waals surface area contributed by atoms with Gasteiger partial charge in [-0.3, -0.25) is 4.98 Å². The molecule has 1 atom stereocenters. The summed E-state index contributed by atoms with van der Waals surface area (Å²) in [5.74, 6) is 0. The maximum atomic E-state index is 4.15. The fourth-order valence-electron chi connectivity index (χ4n) is 1.57. The molecule has 82 valence electrons. The molecule has 0 aliphatic rings. The van der Waals surface area contributed by atoms with Crippen molar-refractivity contribution < 1.29 is 0 Å². The van der Waals surface area contributed by atoms with E-state index in [-0.39, 0.29) is 0 Å². The van der Waals surface area contributed by atoms with Crippen LogP contribution >= 0.6 is 0 Å². The summed E-state index contributed by atoms with van der Waals surface area (Å²) in [6.45, 7) is 9.30. The van der Waals surface area contributed by atoms with Crippen molar-refractivity contribution in [1.29, 1.82) is 0 Å². The highest BCUT2D eigenvalue weighted by atomic mass is 14.9. The summed E-state index contributed by atoms with van der Waals surface area (Å²) in [5.41, 5.74) is 2.53. The molecular weight excluding hydrogens is 184 g/mol. The number of hydrogen-bond acceptors (Lipinski definition) is 2. The van der Waals surface area contributed by atoms with Crippen LogP contribution in [-0.4, -0.2) is 11.5 Å². The molecule has 2 nitrogen and oxygen atoms in total. The van der Waals surface area contributed by atoms with Gasteiger partial charge in [-0.2, -0.15) is 0 Å². The number of hydrogen-bond donors (Lipinski definition) is 1. The largest absolute Gasteiger partial charge is 0.310 e. The number of rotatable bonds is 6. The summed E-state index contributed by atoms with van der Waals surface area (Å²) in [6.07, 6.45) is 5.77. The molecule has 1 N–H and O–H groups in total. The van der Waals surface area contributed by atoms with Crippen LogP contribution in [0.3, 0.4) is 0 Å². The van der Waals surface area contributed by atoms with Crippen molar-refractivity contribution in [2.75, 3.05) is 6.54 Å². The van der Waals surface area contributed by atoms with E-state index >= 15 is 0 Å². The van der Waals surface area contributed by atoms with E-state index < -0.39 is 0 Å². The molecule has 0 fully saturated rings. The lowest BCUT2D eigenvalue weighted by Crippen LogP contribution is -2.21. The molecule has 0 aliphatic heterocycles. The molecule has 1 aromatic heterocycles. The van der Waals surface area contributed by atoms with E-state index in [1.54, 1.807) is 6.20 Å². The Bertz CT molecular complexity index is 293. The van der Waals surface area contributed by atoms with Crippen molar-refractivity contribution in [3.05, 3.63) is 42.2 Å². The maximum Gasteiger partial charge on any atom is 0.0372 e. The SMILES string of the molecule is C=C(CC)CC(NCC)c1cccnc1. The van der Waals surface area contributed by atoms with Gasteiger partial charge < -0.3 is 5.32 Å². The number of nitrogens with zero attached hydrogens (tertiary/aromatic N) is 1. The van der Waals surface area contributed by atoms with E-state index in [4.69, 9.17) is 0 Å². The van der Waals surface area contributed by atoms with E-state index in [0.29, 0.717) is 6.04 Å². The zero-order valence-electron chi connectivity index (χ0n) is 9.66. The summed E-state index contributed by atoms with van der Waals surface area (Å²) >= 11 is 0. The van der Waals surface area contributed by atoms with Crippen LogP contribution < -0.4 is 5.32 Å². The van der Waals surface area contributed by atoms with Crippen LogP contribution in [0.2, 0.25) is 0 Å². The third-order valence-electron chi connectivity index (χ3n) is 2.53.